The molecule has 2 nitrogen and oxygen atoms in total. The minimum Gasteiger partial charge on any atom is -0.375 e. The van der Waals surface area contributed by atoms with Crippen molar-refractivity contribution >= 4 is 11.8 Å². The molecule has 0 saturated carbocycles. The van der Waals surface area contributed by atoms with Crippen molar-refractivity contribution in [1.82, 2.24) is 5.32 Å². The smallest absolute Gasteiger partial charge is 0.123 e. The van der Waals surface area contributed by atoms with E-state index in [1.807, 2.05) is 24.8 Å². The Bertz CT molecular complexity index is 393. The molecule has 0 amide bonds. The second kappa shape index (κ2) is 6.55. The third-order valence-corrected chi connectivity index (χ3v) is 4.22. The van der Waals surface area contributed by atoms with E-state index in [9.17, 15) is 4.39 Å². The summed E-state index contributed by atoms with van der Waals surface area (Å²) in [5, 5.41) is 3.47. The van der Waals surface area contributed by atoms with E-state index >= 15 is 0 Å². The number of halogens is 1. The van der Waals surface area contributed by atoms with Gasteiger partial charge in [0.05, 0.1) is 18.8 Å². The third kappa shape index (κ3) is 3.25. The van der Waals surface area contributed by atoms with Gasteiger partial charge in [0.15, 0.2) is 0 Å². The summed E-state index contributed by atoms with van der Waals surface area (Å²) in [7, 11) is 0. The van der Waals surface area contributed by atoms with Crippen molar-refractivity contribution in [2.75, 3.05) is 24.7 Å². The summed E-state index contributed by atoms with van der Waals surface area (Å²) >= 11 is 1.92. The van der Waals surface area contributed by atoms with E-state index in [1.54, 1.807) is 6.07 Å². The number of thioether (sulfide) groups is 1. The van der Waals surface area contributed by atoms with Crippen molar-refractivity contribution in [2.45, 2.75) is 26.0 Å². The van der Waals surface area contributed by atoms with Crippen LogP contribution in [0.4, 0.5) is 4.39 Å². The van der Waals surface area contributed by atoms with Gasteiger partial charge in [-0.25, -0.2) is 4.39 Å². The maximum absolute atomic E-state index is 13.2. The van der Waals surface area contributed by atoms with Crippen molar-refractivity contribution in [2.24, 2.45) is 0 Å². The van der Waals surface area contributed by atoms with Crippen molar-refractivity contribution in [1.29, 1.82) is 0 Å². The highest BCUT2D eigenvalue weighted by Crippen LogP contribution is 2.28. The summed E-state index contributed by atoms with van der Waals surface area (Å²) in [6.45, 7) is 5.73. The summed E-state index contributed by atoms with van der Waals surface area (Å²) in [5.74, 6) is 1.89. The molecule has 4 heteroatoms. The van der Waals surface area contributed by atoms with Crippen LogP contribution in [0.3, 0.4) is 0 Å². The molecule has 1 N–H and O–H groups in total. The Morgan fingerprint density at radius 1 is 1.56 bits per heavy atom. The molecule has 0 radical (unpaired) electrons. The zero-order valence-corrected chi connectivity index (χ0v) is 11.7. The van der Waals surface area contributed by atoms with Gasteiger partial charge in [-0.3, -0.25) is 0 Å². The standard InChI is InChI=1S/C14H20FNOS/c1-3-16-14(13-9-18-7-6-17-13)12-5-4-11(15)8-10(12)2/h4-5,8,13-14,16H,3,6-7,9H2,1-2H3. The first-order chi connectivity index (χ1) is 8.72. The average molecular weight is 269 g/mol. The zero-order valence-electron chi connectivity index (χ0n) is 10.9. The molecule has 0 aliphatic carbocycles. The van der Waals surface area contributed by atoms with Crippen LogP contribution in [0.2, 0.25) is 0 Å². The molecule has 0 aromatic heterocycles. The van der Waals surface area contributed by atoms with Gasteiger partial charge in [0.1, 0.15) is 5.82 Å². The molecule has 1 saturated heterocycles. The monoisotopic (exact) mass is 269 g/mol. The highest BCUT2D eigenvalue weighted by atomic mass is 32.2. The van der Waals surface area contributed by atoms with Crippen LogP contribution in [0.15, 0.2) is 18.2 Å². The van der Waals surface area contributed by atoms with Gasteiger partial charge in [-0.05, 0) is 36.7 Å². The topological polar surface area (TPSA) is 21.3 Å². The Kier molecular flexibility index (Phi) is 5.03. The molecule has 1 fully saturated rings. The van der Waals surface area contributed by atoms with E-state index in [2.05, 4.69) is 12.2 Å². The quantitative estimate of drug-likeness (QED) is 0.908. The Morgan fingerprint density at radius 3 is 3.00 bits per heavy atom. The SMILES string of the molecule is CCNC(c1ccc(F)cc1C)C1CSCCO1. The van der Waals surface area contributed by atoms with Crippen LogP contribution in [0, 0.1) is 12.7 Å². The van der Waals surface area contributed by atoms with Gasteiger partial charge in [-0.15, -0.1) is 0 Å². The van der Waals surface area contributed by atoms with Gasteiger partial charge in [0, 0.05) is 11.5 Å². The number of ether oxygens (including phenoxy) is 1. The minimum atomic E-state index is -0.176. The molecule has 0 bridgehead atoms. The van der Waals surface area contributed by atoms with Gasteiger partial charge < -0.3 is 10.1 Å². The van der Waals surface area contributed by atoms with Crippen molar-refractivity contribution in [3.63, 3.8) is 0 Å². The Balaban J connectivity index is 2.22. The minimum absolute atomic E-state index is 0.156. The van der Waals surface area contributed by atoms with Crippen molar-refractivity contribution < 1.29 is 9.13 Å². The average Bonchev–Trinajstić information content (AvgIpc) is 2.38. The van der Waals surface area contributed by atoms with Crippen LogP contribution in [-0.4, -0.2) is 30.8 Å². The molecule has 2 rings (SSSR count). The van der Waals surface area contributed by atoms with E-state index in [0.29, 0.717) is 0 Å². The number of likely N-dealkylation sites (N-methyl/N-ethyl adjacent to an activating group) is 1. The molecule has 2 unspecified atom stereocenters. The molecule has 1 aromatic carbocycles. The normalized spacial score (nSPS) is 21.8. The van der Waals surface area contributed by atoms with E-state index in [-0.39, 0.29) is 18.0 Å². The second-order valence-electron chi connectivity index (χ2n) is 4.52. The first-order valence-electron chi connectivity index (χ1n) is 6.41. The van der Waals surface area contributed by atoms with Crippen LogP contribution >= 0.6 is 11.8 Å². The molecular formula is C14H20FNOS. The lowest BCUT2D eigenvalue weighted by Gasteiger charge is -2.32. The highest BCUT2D eigenvalue weighted by Gasteiger charge is 2.26. The molecule has 1 aliphatic heterocycles. The van der Waals surface area contributed by atoms with Gasteiger partial charge in [-0.1, -0.05) is 13.0 Å². The number of hydrogen-bond acceptors (Lipinski definition) is 3. The first kappa shape index (κ1) is 13.8. The lowest BCUT2D eigenvalue weighted by atomic mass is 9.97. The number of aryl methyl sites for hydroxylation is 1. The fourth-order valence-corrected chi connectivity index (χ4v) is 3.25. The first-order valence-corrected chi connectivity index (χ1v) is 7.56. The highest BCUT2D eigenvalue weighted by molar-refractivity contribution is 7.99. The van der Waals surface area contributed by atoms with Gasteiger partial charge in [0.25, 0.3) is 0 Å². The summed E-state index contributed by atoms with van der Waals surface area (Å²) in [4.78, 5) is 0. The zero-order chi connectivity index (χ0) is 13.0. The van der Waals surface area contributed by atoms with E-state index < -0.39 is 0 Å². The summed E-state index contributed by atoms with van der Waals surface area (Å²) in [6, 6.07) is 5.15. The fourth-order valence-electron chi connectivity index (χ4n) is 2.35. The fraction of sp³-hybridized carbons (Fsp3) is 0.571. The molecule has 100 valence electrons. The summed E-state index contributed by atoms with van der Waals surface area (Å²) in [6.07, 6.45) is 0.174. The molecule has 1 aromatic rings. The molecule has 1 heterocycles. The second-order valence-corrected chi connectivity index (χ2v) is 5.67. The summed E-state index contributed by atoms with van der Waals surface area (Å²) in [5.41, 5.74) is 2.13. The van der Waals surface area contributed by atoms with Crippen LogP contribution < -0.4 is 5.32 Å². The lowest BCUT2D eigenvalue weighted by molar-refractivity contribution is 0.0470. The van der Waals surface area contributed by atoms with Crippen LogP contribution in [-0.2, 0) is 4.74 Å². The van der Waals surface area contributed by atoms with Crippen molar-refractivity contribution in [3.05, 3.63) is 35.1 Å². The predicted octanol–water partition coefficient (Wildman–Crippen LogP) is 2.92. The number of rotatable bonds is 4. The van der Waals surface area contributed by atoms with Crippen LogP contribution in [0.1, 0.15) is 24.1 Å². The maximum atomic E-state index is 13.2. The van der Waals surface area contributed by atoms with E-state index in [4.69, 9.17) is 4.74 Å². The van der Waals surface area contributed by atoms with Gasteiger partial charge in [-0.2, -0.15) is 11.8 Å². The van der Waals surface area contributed by atoms with E-state index in [0.717, 1.165) is 35.8 Å². The Labute approximate surface area is 112 Å². The Morgan fingerprint density at radius 2 is 2.39 bits per heavy atom. The third-order valence-electron chi connectivity index (χ3n) is 3.20. The Hall–Kier alpha value is -0.580. The molecule has 1 aliphatic rings. The van der Waals surface area contributed by atoms with Crippen molar-refractivity contribution in [3.8, 4) is 0 Å². The number of hydrogen-bond donors (Lipinski definition) is 1. The maximum Gasteiger partial charge on any atom is 0.123 e. The van der Waals surface area contributed by atoms with Crippen LogP contribution in [0.5, 0.6) is 0 Å². The lowest BCUT2D eigenvalue weighted by Crippen LogP contribution is -2.38. The predicted molar refractivity (Wildman–Crippen MR) is 74.6 cm³/mol. The summed E-state index contributed by atoms with van der Waals surface area (Å²) < 4.78 is 19.0. The number of nitrogens with one attached hydrogen (secondary N) is 1. The molecular weight excluding hydrogens is 249 g/mol. The van der Waals surface area contributed by atoms with Gasteiger partial charge in [0.2, 0.25) is 0 Å². The van der Waals surface area contributed by atoms with Gasteiger partial charge >= 0.3 is 0 Å². The molecule has 2 atom stereocenters. The number of benzene rings is 1. The van der Waals surface area contributed by atoms with Crippen LogP contribution in [0.25, 0.3) is 0 Å². The largest absolute Gasteiger partial charge is 0.375 e. The molecule has 0 spiro atoms. The molecule has 18 heavy (non-hydrogen) atoms. The van der Waals surface area contributed by atoms with E-state index in [1.165, 1.54) is 6.07 Å².